The molecular formula is C25H32NO3+. The molecule has 0 saturated carbocycles. The van der Waals surface area contributed by atoms with Crippen molar-refractivity contribution >= 4 is 5.76 Å². The molecule has 29 heavy (non-hydrogen) atoms. The molecule has 1 aliphatic heterocycles. The van der Waals surface area contributed by atoms with Crippen LogP contribution in [0.15, 0.2) is 48.0 Å². The van der Waals surface area contributed by atoms with E-state index >= 15 is 0 Å². The van der Waals surface area contributed by atoms with Gasteiger partial charge in [0.2, 0.25) is 0 Å². The van der Waals surface area contributed by atoms with E-state index < -0.39 is 0 Å². The second kappa shape index (κ2) is 8.11. The summed E-state index contributed by atoms with van der Waals surface area (Å²) in [6.07, 6.45) is 3.35. The number of fused-ring (bicyclic) bond motifs is 1. The Kier molecular flexibility index (Phi) is 5.55. The zero-order valence-electron chi connectivity index (χ0n) is 18.0. The van der Waals surface area contributed by atoms with E-state index in [2.05, 4.69) is 49.5 Å². The van der Waals surface area contributed by atoms with Gasteiger partial charge in [-0.2, -0.15) is 0 Å². The number of rotatable bonds is 6. The van der Waals surface area contributed by atoms with Crippen molar-refractivity contribution in [2.24, 2.45) is 5.92 Å². The van der Waals surface area contributed by atoms with Gasteiger partial charge in [-0.05, 0) is 35.6 Å². The molecule has 1 aliphatic carbocycles. The fourth-order valence-electron chi connectivity index (χ4n) is 5.03. The molecule has 4 heteroatoms. The predicted molar refractivity (Wildman–Crippen MR) is 116 cm³/mol. The minimum Gasteiger partial charge on any atom is -0.496 e. The van der Waals surface area contributed by atoms with Crippen LogP contribution < -0.4 is 9.47 Å². The van der Waals surface area contributed by atoms with Gasteiger partial charge in [0.15, 0.2) is 11.5 Å². The number of quaternary nitrogens is 1. The molecule has 2 aromatic carbocycles. The molecular weight excluding hydrogens is 362 g/mol. The number of likely N-dealkylation sites (tertiary alicyclic amines) is 1. The van der Waals surface area contributed by atoms with Crippen molar-refractivity contribution in [3.05, 3.63) is 64.7 Å². The van der Waals surface area contributed by atoms with Crippen molar-refractivity contribution in [2.75, 3.05) is 41.5 Å². The Hall–Kier alpha value is -2.46. The number of hydrogen-bond donors (Lipinski definition) is 0. The number of nitrogens with zero attached hydrogens (tertiary/aromatic N) is 1. The normalized spacial score (nSPS) is 23.7. The van der Waals surface area contributed by atoms with Gasteiger partial charge in [-0.3, -0.25) is 0 Å². The molecule has 4 nitrogen and oxygen atoms in total. The molecule has 2 aliphatic rings. The number of piperidine rings is 1. The van der Waals surface area contributed by atoms with Crippen LogP contribution in [0.3, 0.4) is 0 Å². The molecule has 0 N–H and O–H groups in total. The molecule has 4 rings (SSSR count). The number of allylic oxidation sites excluding steroid dienone is 1. The van der Waals surface area contributed by atoms with E-state index in [1.807, 2.05) is 0 Å². The largest absolute Gasteiger partial charge is 0.496 e. The van der Waals surface area contributed by atoms with Crippen LogP contribution in [0.2, 0.25) is 0 Å². The fourth-order valence-corrected chi connectivity index (χ4v) is 5.03. The van der Waals surface area contributed by atoms with E-state index in [0.29, 0.717) is 5.92 Å². The van der Waals surface area contributed by atoms with Crippen LogP contribution in [0.1, 0.15) is 29.5 Å². The first kappa shape index (κ1) is 19.8. The Morgan fingerprint density at radius 3 is 2.17 bits per heavy atom. The number of ether oxygens (including phenoxy) is 3. The van der Waals surface area contributed by atoms with Crippen molar-refractivity contribution in [2.45, 2.75) is 25.8 Å². The molecule has 1 fully saturated rings. The minimum absolute atomic E-state index is 0.580. The Labute approximate surface area is 174 Å². The van der Waals surface area contributed by atoms with E-state index in [9.17, 15) is 0 Å². The zero-order chi connectivity index (χ0) is 20.4. The van der Waals surface area contributed by atoms with E-state index in [1.165, 1.54) is 42.6 Å². The molecule has 0 amide bonds. The molecule has 0 spiro atoms. The van der Waals surface area contributed by atoms with Crippen molar-refractivity contribution in [1.29, 1.82) is 0 Å². The maximum absolute atomic E-state index is 5.90. The third kappa shape index (κ3) is 3.86. The highest BCUT2D eigenvalue weighted by Gasteiger charge is 2.36. The molecule has 2 aromatic rings. The monoisotopic (exact) mass is 394 g/mol. The molecule has 0 radical (unpaired) electrons. The summed E-state index contributed by atoms with van der Waals surface area (Å²) >= 11 is 0. The second-order valence-corrected chi connectivity index (χ2v) is 8.58. The van der Waals surface area contributed by atoms with Crippen LogP contribution >= 0.6 is 0 Å². The van der Waals surface area contributed by atoms with Crippen LogP contribution in [0.25, 0.3) is 5.76 Å². The van der Waals surface area contributed by atoms with Gasteiger partial charge in [-0.25, -0.2) is 0 Å². The third-order valence-electron chi connectivity index (χ3n) is 6.67. The van der Waals surface area contributed by atoms with Gasteiger partial charge in [0, 0.05) is 24.0 Å². The summed E-state index contributed by atoms with van der Waals surface area (Å²) < 4.78 is 18.0. The lowest BCUT2D eigenvalue weighted by Crippen LogP contribution is -2.49. The van der Waals surface area contributed by atoms with Crippen molar-refractivity contribution < 1.29 is 18.7 Å². The number of benzene rings is 2. The molecule has 0 unspecified atom stereocenters. The van der Waals surface area contributed by atoms with Crippen LogP contribution in [-0.2, 0) is 17.7 Å². The van der Waals surface area contributed by atoms with E-state index in [0.717, 1.165) is 40.3 Å². The summed E-state index contributed by atoms with van der Waals surface area (Å²) in [5.74, 6) is 3.18. The van der Waals surface area contributed by atoms with Gasteiger partial charge in [-0.15, -0.1) is 0 Å². The molecule has 1 heterocycles. The number of methoxy groups -OCH3 is 3. The van der Waals surface area contributed by atoms with Crippen LogP contribution in [0, 0.1) is 5.92 Å². The van der Waals surface area contributed by atoms with Gasteiger partial charge in [0.25, 0.3) is 0 Å². The molecule has 0 bridgehead atoms. The van der Waals surface area contributed by atoms with E-state index in [1.54, 1.807) is 21.3 Å². The SMILES string of the molecule is COC1=C(C2CC[N+](C)(Cc3ccccc3)CC2)Cc2cc(OC)c(OC)cc21. The van der Waals surface area contributed by atoms with Gasteiger partial charge < -0.3 is 18.7 Å². The average molecular weight is 395 g/mol. The fraction of sp³-hybridized carbons (Fsp3) is 0.440. The third-order valence-corrected chi connectivity index (χ3v) is 6.67. The summed E-state index contributed by atoms with van der Waals surface area (Å²) in [4.78, 5) is 0. The topological polar surface area (TPSA) is 27.7 Å². The van der Waals surface area contributed by atoms with Gasteiger partial charge in [0.1, 0.15) is 12.3 Å². The Bertz CT molecular complexity index is 896. The highest BCUT2D eigenvalue weighted by molar-refractivity contribution is 5.75. The highest BCUT2D eigenvalue weighted by Crippen LogP contribution is 2.44. The first-order chi connectivity index (χ1) is 14.1. The van der Waals surface area contributed by atoms with Crippen LogP contribution in [0.4, 0.5) is 0 Å². The second-order valence-electron chi connectivity index (χ2n) is 8.58. The van der Waals surface area contributed by atoms with Crippen molar-refractivity contribution in [3.63, 3.8) is 0 Å². The molecule has 154 valence electrons. The maximum atomic E-state index is 5.90. The quantitative estimate of drug-likeness (QED) is 0.666. The first-order valence-electron chi connectivity index (χ1n) is 10.5. The maximum Gasteiger partial charge on any atom is 0.161 e. The van der Waals surface area contributed by atoms with Crippen molar-refractivity contribution in [1.82, 2.24) is 0 Å². The average Bonchev–Trinajstić information content (AvgIpc) is 3.11. The Morgan fingerprint density at radius 2 is 1.55 bits per heavy atom. The van der Waals surface area contributed by atoms with Crippen LogP contribution in [0.5, 0.6) is 11.5 Å². The predicted octanol–water partition coefficient (Wildman–Crippen LogP) is 4.67. The van der Waals surface area contributed by atoms with Gasteiger partial charge in [0.05, 0.1) is 41.5 Å². The summed E-state index contributed by atoms with van der Waals surface area (Å²) in [5, 5.41) is 0. The molecule has 0 atom stereocenters. The summed E-state index contributed by atoms with van der Waals surface area (Å²) in [5.41, 5.74) is 5.32. The Balaban J connectivity index is 1.51. The van der Waals surface area contributed by atoms with E-state index in [4.69, 9.17) is 14.2 Å². The zero-order valence-corrected chi connectivity index (χ0v) is 18.0. The lowest BCUT2D eigenvalue weighted by atomic mass is 9.86. The van der Waals surface area contributed by atoms with E-state index in [-0.39, 0.29) is 0 Å². The molecule has 0 aromatic heterocycles. The Morgan fingerprint density at radius 1 is 0.897 bits per heavy atom. The van der Waals surface area contributed by atoms with Gasteiger partial charge >= 0.3 is 0 Å². The number of hydrogen-bond acceptors (Lipinski definition) is 3. The first-order valence-corrected chi connectivity index (χ1v) is 10.5. The van der Waals surface area contributed by atoms with Crippen molar-refractivity contribution in [3.8, 4) is 11.5 Å². The lowest BCUT2D eigenvalue weighted by molar-refractivity contribution is -0.927. The smallest absolute Gasteiger partial charge is 0.161 e. The lowest BCUT2D eigenvalue weighted by Gasteiger charge is -2.41. The summed E-state index contributed by atoms with van der Waals surface area (Å²) in [6, 6.07) is 15.0. The highest BCUT2D eigenvalue weighted by atomic mass is 16.5. The summed E-state index contributed by atoms with van der Waals surface area (Å²) in [7, 11) is 7.56. The standard InChI is InChI=1S/C25H32NO3/c1-26(17-18-8-6-5-7-9-18)12-10-19(11-13-26)21-14-20-15-23(27-2)24(28-3)16-22(20)25(21)29-4/h5-9,15-16,19H,10-14,17H2,1-4H3/q+1. The van der Waals surface area contributed by atoms with Crippen LogP contribution in [-0.4, -0.2) is 45.9 Å². The summed E-state index contributed by atoms with van der Waals surface area (Å²) in [6.45, 7) is 3.50. The molecule has 1 saturated heterocycles. The van der Waals surface area contributed by atoms with Gasteiger partial charge in [-0.1, -0.05) is 30.3 Å². The minimum atomic E-state index is 0.580.